The average Bonchev–Trinajstić information content (AvgIpc) is 2.68. The zero-order valence-electron chi connectivity index (χ0n) is 14.5. The molecular formula is C19H25FN4O. The molecule has 2 fully saturated rings. The first-order valence-electron chi connectivity index (χ1n) is 9.24. The Morgan fingerprint density at radius 3 is 2.72 bits per heavy atom. The van der Waals surface area contributed by atoms with Crippen LogP contribution in [0.2, 0.25) is 0 Å². The van der Waals surface area contributed by atoms with Crippen molar-refractivity contribution < 1.29 is 9.13 Å². The smallest absolute Gasteiger partial charge is 0.137 e. The second kappa shape index (κ2) is 7.22. The standard InChI is InChI=1S/C19H25FN4O/c20-15-4-5-17-16(12-15)18(23-14-22-17)21-13-19(6-10-25-11-7-19)24-8-2-1-3-9-24/h4-5,12,14H,1-3,6-11,13H2,(H,21,22,23). The molecule has 3 heterocycles. The highest BCUT2D eigenvalue weighted by Gasteiger charge is 2.38. The second-order valence-electron chi connectivity index (χ2n) is 7.12. The van der Waals surface area contributed by atoms with Gasteiger partial charge in [0.1, 0.15) is 18.0 Å². The Balaban J connectivity index is 1.58. The molecule has 5 nitrogen and oxygen atoms in total. The summed E-state index contributed by atoms with van der Waals surface area (Å²) >= 11 is 0. The lowest BCUT2D eigenvalue weighted by atomic mass is 9.86. The Bertz CT molecular complexity index is 726. The van der Waals surface area contributed by atoms with Crippen LogP contribution < -0.4 is 5.32 Å². The fourth-order valence-corrected chi connectivity index (χ4v) is 4.14. The number of piperidine rings is 1. The van der Waals surface area contributed by atoms with Gasteiger partial charge in [0.15, 0.2) is 0 Å². The predicted molar refractivity (Wildman–Crippen MR) is 96.2 cm³/mol. The number of rotatable bonds is 4. The van der Waals surface area contributed by atoms with Gasteiger partial charge in [-0.25, -0.2) is 14.4 Å². The summed E-state index contributed by atoms with van der Waals surface area (Å²) in [5, 5.41) is 4.25. The molecule has 0 bridgehead atoms. The zero-order valence-corrected chi connectivity index (χ0v) is 14.5. The fraction of sp³-hybridized carbons (Fsp3) is 0.579. The molecular weight excluding hydrogens is 319 g/mol. The SMILES string of the molecule is Fc1ccc2ncnc(NCC3(N4CCCCC4)CCOCC3)c2c1. The molecule has 4 rings (SSSR count). The fourth-order valence-electron chi connectivity index (χ4n) is 4.14. The number of hydrogen-bond acceptors (Lipinski definition) is 5. The lowest BCUT2D eigenvalue weighted by Crippen LogP contribution is -2.57. The lowest BCUT2D eigenvalue weighted by Gasteiger charge is -2.48. The molecule has 134 valence electrons. The Hall–Kier alpha value is -1.79. The predicted octanol–water partition coefficient (Wildman–Crippen LogP) is 3.22. The van der Waals surface area contributed by atoms with E-state index in [9.17, 15) is 4.39 Å². The minimum Gasteiger partial charge on any atom is -0.381 e. The van der Waals surface area contributed by atoms with Gasteiger partial charge in [-0.2, -0.15) is 0 Å². The van der Waals surface area contributed by atoms with E-state index in [-0.39, 0.29) is 11.4 Å². The van der Waals surface area contributed by atoms with Crippen LogP contribution in [0.4, 0.5) is 10.2 Å². The van der Waals surface area contributed by atoms with Crippen molar-refractivity contribution in [3.63, 3.8) is 0 Å². The van der Waals surface area contributed by atoms with Gasteiger partial charge in [-0.15, -0.1) is 0 Å². The largest absolute Gasteiger partial charge is 0.381 e. The normalized spacial score (nSPS) is 21.3. The van der Waals surface area contributed by atoms with Crippen LogP contribution in [0.3, 0.4) is 0 Å². The average molecular weight is 344 g/mol. The third kappa shape index (κ3) is 3.46. The summed E-state index contributed by atoms with van der Waals surface area (Å²) in [6, 6.07) is 4.65. The minimum atomic E-state index is -0.262. The van der Waals surface area contributed by atoms with Crippen molar-refractivity contribution in [1.82, 2.24) is 14.9 Å². The molecule has 0 amide bonds. The van der Waals surface area contributed by atoms with Gasteiger partial charge in [0.2, 0.25) is 0 Å². The molecule has 2 aliphatic heterocycles. The van der Waals surface area contributed by atoms with E-state index in [1.54, 1.807) is 12.4 Å². The zero-order chi connectivity index (χ0) is 17.1. The summed E-state index contributed by atoms with van der Waals surface area (Å²) in [5.74, 6) is 0.453. The summed E-state index contributed by atoms with van der Waals surface area (Å²) in [6.45, 7) is 4.72. The van der Waals surface area contributed by atoms with Gasteiger partial charge < -0.3 is 10.1 Å². The van der Waals surface area contributed by atoms with Crippen molar-refractivity contribution in [3.8, 4) is 0 Å². The molecule has 2 aliphatic rings. The maximum Gasteiger partial charge on any atom is 0.137 e. The van der Waals surface area contributed by atoms with E-state index < -0.39 is 0 Å². The third-order valence-corrected chi connectivity index (χ3v) is 5.63. The maximum absolute atomic E-state index is 13.7. The quantitative estimate of drug-likeness (QED) is 0.923. The highest BCUT2D eigenvalue weighted by Crippen LogP contribution is 2.32. The molecule has 1 aromatic heterocycles. The Morgan fingerprint density at radius 2 is 1.92 bits per heavy atom. The molecule has 0 radical (unpaired) electrons. The molecule has 1 aromatic carbocycles. The van der Waals surface area contributed by atoms with Gasteiger partial charge in [-0.05, 0) is 57.0 Å². The summed E-state index contributed by atoms with van der Waals surface area (Å²) in [7, 11) is 0. The number of aromatic nitrogens is 2. The van der Waals surface area contributed by atoms with E-state index in [2.05, 4.69) is 20.2 Å². The van der Waals surface area contributed by atoms with Gasteiger partial charge >= 0.3 is 0 Å². The van der Waals surface area contributed by atoms with Crippen LogP contribution in [-0.2, 0) is 4.74 Å². The van der Waals surface area contributed by atoms with Crippen molar-refractivity contribution in [3.05, 3.63) is 30.3 Å². The van der Waals surface area contributed by atoms with E-state index >= 15 is 0 Å². The summed E-state index contributed by atoms with van der Waals surface area (Å²) in [4.78, 5) is 11.2. The van der Waals surface area contributed by atoms with E-state index in [4.69, 9.17) is 4.74 Å². The van der Waals surface area contributed by atoms with E-state index in [0.717, 1.165) is 56.6 Å². The van der Waals surface area contributed by atoms with Gasteiger partial charge in [0.05, 0.1) is 5.52 Å². The molecule has 0 spiro atoms. The number of ether oxygens (including phenoxy) is 1. The highest BCUT2D eigenvalue weighted by atomic mass is 19.1. The second-order valence-corrected chi connectivity index (χ2v) is 7.12. The molecule has 25 heavy (non-hydrogen) atoms. The first kappa shape index (κ1) is 16.7. The minimum absolute atomic E-state index is 0.100. The third-order valence-electron chi connectivity index (χ3n) is 5.63. The Labute approximate surface area is 147 Å². The first-order chi connectivity index (χ1) is 12.3. The molecule has 1 N–H and O–H groups in total. The van der Waals surface area contributed by atoms with Crippen molar-refractivity contribution in [2.75, 3.05) is 38.2 Å². The molecule has 2 aromatic rings. The number of anilines is 1. The Morgan fingerprint density at radius 1 is 1.12 bits per heavy atom. The van der Waals surface area contributed by atoms with Crippen LogP contribution in [0.15, 0.2) is 24.5 Å². The summed E-state index contributed by atoms with van der Waals surface area (Å²) in [6.07, 6.45) is 7.45. The number of nitrogens with zero attached hydrogens (tertiary/aromatic N) is 3. The molecule has 2 saturated heterocycles. The number of likely N-dealkylation sites (tertiary alicyclic amines) is 1. The van der Waals surface area contributed by atoms with Gasteiger partial charge in [-0.1, -0.05) is 6.42 Å². The van der Waals surface area contributed by atoms with E-state index in [1.165, 1.54) is 31.4 Å². The number of halogens is 1. The van der Waals surface area contributed by atoms with Gasteiger partial charge in [-0.3, -0.25) is 4.90 Å². The molecule has 0 saturated carbocycles. The lowest BCUT2D eigenvalue weighted by molar-refractivity contribution is -0.0293. The number of fused-ring (bicyclic) bond motifs is 1. The Kier molecular flexibility index (Phi) is 4.81. The van der Waals surface area contributed by atoms with Crippen LogP contribution in [0.1, 0.15) is 32.1 Å². The van der Waals surface area contributed by atoms with Crippen LogP contribution >= 0.6 is 0 Å². The maximum atomic E-state index is 13.7. The van der Waals surface area contributed by atoms with Crippen LogP contribution in [0.25, 0.3) is 10.9 Å². The van der Waals surface area contributed by atoms with Crippen molar-refractivity contribution >= 4 is 16.7 Å². The highest BCUT2D eigenvalue weighted by molar-refractivity contribution is 5.88. The first-order valence-corrected chi connectivity index (χ1v) is 9.24. The van der Waals surface area contributed by atoms with Crippen molar-refractivity contribution in [1.29, 1.82) is 0 Å². The number of hydrogen-bond donors (Lipinski definition) is 1. The molecule has 0 atom stereocenters. The molecule has 0 unspecified atom stereocenters. The number of benzene rings is 1. The van der Waals surface area contributed by atoms with Crippen LogP contribution in [0, 0.1) is 5.82 Å². The monoisotopic (exact) mass is 344 g/mol. The van der Waals surface area contributed by atoms with Crippen molar-refractivity contribution in [2.24, 2.45) is 0 Å². The summed E-state index contributed by atoms with van der Waals surface area (Å²) in [5.41, 5.74) is 0.862. The number of nitrogens with one attached hydrogen (secondary N) is 1. The van der Waals surface area contributed by atoms with Crippen molar-refractivity contribution in [2.45, 2.75) is 37.6 Å². The molecule has 6 heteroatoms. The topological polar surface area (TPSA) is 50.3 Å². The van der Waals surface area contributed by atoms with Crippen LogP contribution in [0.5, 0.6) is 0 Å². The van der Waals surface area contributed by atoms with Gasteiger partial charge in [0, 0.05) is 30.7 Å². The molecule has 0 aliphatic carbocycles. The van der Waals surface area contributed by atoms with Crippen LogP contribution in [-0.4, -0.2) is 53.3 Å². The van der Waals surface area contributed by atoms with Gasteiger partial charge in [0.25, 0.3) is 0 Å². The van der Waals surface area contributed by atoms with E-state index in [0.29, 0.717) is 5.82 Å². The summed E-state index contributed by atoms with van der Waals surface area (Å²) < 4.78 is 19.3. The van der Waals surface area contributed by atoms with E-state index in [1.807, 2.05) is 0 Å².